The molecule has 1 heterocycles. The van der Waals surface area contributed by atoms with Crippen molar-refractivity contribution in [2.45, 2.75) is 34.2 Å². The molecule has 2 aromatic carbocycles. The fourth-order valence-electron chi connectivity index (χ4n) is 3.36. The lowest BCUT2D eigenvalue weighted by Crippen LogP contribution is -2.24. The minimum absolute atomic E-state index is 0. The molecule has 0 atom stereocenters. The van der Waals surface area contributed by atoms with Gasteiger partial charge in [0.1, 0.15) is 17.3 Å². The molecule has 0 radical (unpaired) electrons. The van der Waals surface area contributed by atoms with Crippen LogP contribution in [0, 0.1) is 19.7 Å². The number of amides is 1. The maximum atomic E-state index is 13.5. The third-order valence-corrected chi connectivity index (χ3v) is 5.14. The van der Waals surface area contributed by atoms with Gasteiger partial charge in [0.05, 0.1) is 6.20 Å². The number of hydrogen-bond acceptors (Lipinski definition) is 4. The van der Waals surface area contributed by atoms with Gasteiger partial charge < -0.3 is 15.0 Å². The number of pyridine rings is 1. The van der Waals surface area contributed by atoms with Gasteiger partial charge in [0, 0.05) is 45.1 Å². The molecular formula is C29H36FN3O2. The summed E-state index contributed by atoms with van der Waals surface area (Å²) in [6.45, 7) is 11.7. The van der Waals surface area contributed by atoms with Crippen molar-refractivity contribution in [3.8, 4) is 11.5 Å². The molecule has 3 rings (SSSR count). The summed E-state index contributed by atoms with van der Waals surface area (Å²) >= 11 is 0. The largest absolute Gasteiger partial charge is 0.457 e. The third-order valence-electron chi connectivity index (χ3n) is 5.14. The first-order valence-corrected chi connectivity index (χ1v) is 11.6. The second-order valence-electron chi connectivity index (χ2n) is 7.89. The predicted molar refractivity (Wildman–Crippen MR) is 143 cm³/mol. The second kappa shape index (κ2) is 13.1. The molecule has 3 aromatic rings. The molecule has 6 heteroatoms. The first kappa shape index (κ1) is 27.3. The number of carbonyl (C=O) groups excluding carboxylic acids is 1. The lowest BCUT2D eigenvalue weighted by molar-refractivity contribution is 0.0950. The van der Waals surface area contributed by atoms with Crippen LogP contribution < -0.4 is 10.1 Å². The van der Waals surface area contributed by atoms with Gasteiger partial charge in [0.15, 0.2) is 0 Å². The van der Waals surface area contributed by atoms with E-state index in [4.69, 9.17) is 4.74 Å². The Bertz CT molecular complexity index is 1210. The number of ether oxygens (including phenoxy) is 1. The number of aromatic nitrogens is 1. The number of nitrogens with one attached hydrogen (secondary N) is 1. The van der Waals surface area contributed by atoms with Crippen LogP contribution in [0.4, 0.5) is 4.39 Å². The number of nitrogens with zero attached hydrogens (tertiary/aromatic N) is 2. The number of allylic oxidation sites excluding steroid dienone is 2. The Morgan fingerprint density at radius 2 is 1.89 bits per heavy atom. The number of hydrogen-bond donors (Lipinski definition) is 1. The van der Waals surface area contributed by atoms with Gasteiger partial charge in [0.25, 0.3) is 5.91 Å². The Morgan fingerprint density at radius 3 is 2.57 bits per heavy atom. The summed E-state index contributed by atoms with van der Waals surface area (Å²) in [6, 6.07) is 14.4. The number of carbonyl (C=O) groups is 1. The molecular weight excluding hydrogens is 441 g/mol. The van der Waals surface area contributed by atoms with Crippen molar-refractivity contribution >= 4 is 11.5 Å². The average Bonchev–Trinajstić information content (AvgIpc) is 2.85. The Morgan fingerprint density at radius 1 is 1.17 bits per heavy atom. The molecule has 5 nitrogen and oxygen atoms in total. The molecule has 1 N–H and O–H groups in total. The number of halogens is 1. The molecule has 0 bridgehead atoms. The van der Waals surface area contributed by atoms with Crippen LogP contribution in [0.25, 0.3) is 5.57 Å². The summed E-state index contributed by atoms with van der Waals surface area (Å²) in [5.74, 6) is 0.540. The van der Waals surface area contributed by atoms with Crippen LogP contribution in [0.2, 0.25) is 0 Å². The van der Waals surface area contributed by atoms with Gasteiger partial charge >= 0.3 is 0 Å². The summed E-state index contributed by atoms with van der Waals surface area (Å²) in [6.07, 6.45) is 4.94. The summed E-state index contributed by atoms with van der Waals surface area (Å²) in [5.41, 5.74) is 4.45. The lowest BCUT2D eigenvalue weighted by Gasteiger charge is -2.14. The van der Waals surface area contributed by atoms with E-state index in [0.717, 1.165) is 17.3 Å². The van der Waals surface area contributed by atoms with E-state index in [1.807, 2.05) is 76.3 Å². The monoisotopic (exact) mass is 477 g/mol. The van der Waals surface area contributed by atoms with E-state index in [9.17, 15) is 9.18 Å². The van der Waals surface area contributed by atoms with Crippen LogP contribution in [-0.4, -0.2) is 29.9 Å². The SMILES string of the molecule is C=C/C(=C\N(C)C)c1cccc(Oc2cccc(C(=O)NCc3cc(F)cnc3C)c2C)c1.CC.[HH]. The molecule has 0 spiro atoms. The van der Waals surface area contributed by atoms with Gasteiger partial charge in [0.2, 0.25) is 0 Å². The molecule has 0 unspecified atom stereocenters. The van der Waals surface area contributed by atoms with Crippen molar-refractivity contribution in [1.82, 2.24) is 15.2 Å². The Labute approximate surface area is 209 Å². The Balaban J connectivity index is 0.00000211. The molecule has 0 aliphatic heterocycles. The van der Waals surface area contributed by atoms with E-state index in [2.05, 4.69) is 16.9 Å². The van der Waals surface area contributed by atoms with Crippen LogP contribution in [-0.2, 0) is 6.54 Å². The zero-order chi connectivity index (χ0) is 26.0. The van der Waals surface area contributed by atoms with Crippen LogP contribution in [0.3, 0.4) is 0 Å². The molecule has 35 heavy (non-hydrogen) atoms. The minimum atomic E-state index is -0.432. The smallest absolute Gasteiger partial charge is 0.251 e. The zero-order valence-electron chi connectivity index (χ0n) is 21.4. The van der Waals surface area contributed by atoms with Gasteiger partial charge in [-0.2, -0.15) is 0 Å². The van der Waals surface area contributed by atoms with Gasteiger partial charge in [-0.15, -0.1) is 0 Å². The van der Waals surface area contributed by atoms with Crippen molar-refractivity contribution in [1.29, 1.82) is 0 Å². The summed E-state index contributed by atoms with van der Waals surface area (Å²) in [5, 5.41) is 2.84. The van der Waals surface area contributed by atoms with Gasteiger partial charge in [-0.3, -0.25) is 9.78 Å². The number of rotatable bonds is 8. The van der Waals surface area contributed by atoms with Crippen LogP contribution in [0.5, 0.6) is 11.5 Å². The van der Waals surface area contributed by atoms with E-state index in [-0.39, 0.29) is 13.9 Å². The molecule has 0 aliphatic rings. The highest BCUT2D eigenvalue weighted by Crippen LogP contribution is 2.29. The zero-order valence-corrected chi connectivity index (χ0v) is 21.4. The fourth-order valence-corrected chi connectivity index (χ4v) is 3.36. The van der Waals surface area contributed by atoms with Crippen molar-refractivity contribution in [3.05, 3.63) is 107 Å². The highest BCUT2D eigenvalue weighted by Gasteiger charge is 2.14. The first-order valence-electron chi connectivity index (χ1n) is 11.6. The van der Waals surface area contributed by atoms with Crippen molar-refractivity contribution in [2.75, 3.05) is 14.1 Å². The fraction of sp³-hybridized carbons (Fsp3) is 0.241. The van der Waals surface area contributed by atoms with E-state index in [1.165, 1.54) is 6.07 Å². The standard InChI is InChI=1S/C27H28FN3O2.C2H6.H2/c1-6-20(17-31(4)5)21-9-7-10-24(14-21)33-26-12-8-11-25(18(26)2)27(32)30-15-22-13-23(28)16-29-19(22)3;1-2;/h6-14,16-17H,1,15H2,2-5H3,(H,30,32);1-2H3;1H/b20-17+;;. The third kappa shape index (κ3) is 7.54. The van der Waals surface area contributed by atoms with Crippen LogP contribution in [0.1, 0.15) is 48.0 Å². The van der Waals surface area contributed by atoms with E-state index in [0.29, 0.717) is 33.9 Å². The minimum Gasteiger partial charge on any atom is -0.457 e. The highest BCUT2D eigenvalue weighted by atomic mass is 19.1. The van der Waals surface area contributed by atoms with Gasteiger partial charge in [-0.25, -0.2) is 4.39 Å². The second-order valence-corrected chi connectivity index (χ2v) is 7.89. The summed E-state index contributed by atoms with van der Waals surface area (Å²) < 4.78 is 19.6. The molecule has 0 saturated heterocycles. The number of benzene rings is 2. The van der Waals surface area contributed by atoms with Crippen molar-refractivity contribution < 1.29 is 15.3 Å². The Hall–Kier alpha value is -3.93. The van der Waals surface area contributed by atoms with Gasteiger partial charge in [-0.1, -0.05) is 44.7 Å². The Kier molecular flexibility index (Phi) is 10.2. The molecule has 0 saturated carbocycles. The lowest BCUT2D eigenvalue weighted by atomic mass is 10.1. The van der Waals surface area contributed by atoms with Crippen molar-refractivity contribution in [3.63, 3.8) is 0 Å². The van der Waals surface area contributed by atoms with Crippen molar-refractivity contribution in [2.24, 2.45) is 0 Å². The number of aryl methyl sites for hydroxylation is 1. The quantitative estimate of drug-likeness (QED) is 0.358. The maximum absolute atomic E-state index is 13.5. The average molecular weight is 478 g/mol. The molecule has 1 aromatic heterocycles. The highest BCUT2D eigenvalue weighted by molar-refractivity contribution is 5.96. The van der Waals surface area contributed by atoms with Crippen LogP contribution >= 0.6 is 0 Å². The predicted octanol–water partition coefficient (Wildman–Crippen LogP) is 6.92. The molecule has 0 fully saturated rings. The molecule has 1 amide bonds. The molecule has 0 aliphatic carbocycles. The first-order chi connectivity index (χ1) is 16.8. The summed E-state index contributed by atoms with van der Waals surface area (Å²) in [7, 11) is 3.91. The van der Waals surface area contributed by atoms with Crippen LogP contribution in [0.15, 0.2) is 73.6 Å². The van der Waals surface area contributed by atoms with E-state index >= 15 is 0 Å². The molecule has 186 valence electrons. The maximum Gasteiger partial charge on any atom is 0.251 e. The topological polar surface area (TPSA) is 54.5 Å². The normalized spacial score (nSPS) is 10.7. The summed E-state index contributed by atoms with van der Waals surface area (Å²) in [4.78, 5) is 18.8. The van der Waals surface area contributed by atoms with E-state index in [1.54, 1.807) is 25.1 Å². The van der Waals surface area contributed by atoms with Gasteiger partial charge in [-0.05, 0) is 60.9 Å². The van der Waals surface area contributed by atoms with E-state index < -0.39 is 5.82 Å².